The zero-order valence-electron chi connectivity index (χ0n) is 7.83. The van der Waals surface area contributed by atoms with Gasteiger partial charge in [-0.3, -0.25) is 0 Å². The smallest absolute Gasteiger partial charge is 0.0798 e. The lowest BCUT2D eigenvalue weighted by Crippen LogP contribution is -2.08. The van der Waals surface area contributed by atoms with E-state index in [1.807, 2.05) is 5.51 Å². The SMILES string of the molecule is NCc1scnc1C1CCCCC1. The summed E-state index contributed by atoms with van der Waals surface area (Å²) in [4.78, 5) is 5.75. The summed E-state index contributed by atoms with van der Waals surface area (Å²) in [6.07, 6.45) is 6.77. The van der Waals surface area contributed by atoms with Gasteiger partial charge in [-0.25, -0.2) is 4.98 Å². The molecule has 1 aromatic rings. The van der Waals surface area contributed by atoms with Gasteiger partial charge >= 0.3 is 0 Å². The molecule has 3 heteroatoms. The minimum absolute atomic E-state index is 0.663. The molecule has 0 unspecified atom stereocenters. The fourth-order valence-electron chi connectivity index (χ4n) is 2.14. The molecule has 2 nitrogen and oxygen atoms in total. The zero-order valence-corrected chi connectivity index (χ0v) is 8.65. The number of hydrogen-bond donors (Lipinski definition) is 1. The van der Waals surface area contributed by atoms with Gasteiger partial charge in [0.25, 0.3) is 0 Å². The summed E-state index contributed by atoms with van der Waals surface area (Å²) in [5.41, 5.74) is 8.91. The normalized spacial score (nSPS) is 19.2. The minimum atomic E-state index is 0.663. The second-order valence-electron chi connectivity index (χ2n) is 3.70. The van der Waals surface area contributed by atoms with E-state index in [4.69, 9.17) is 5.73 Å². The first kappa shape index (κ1) is 9.16. The summed E-state index contributed by atoms with van der Waals surface area (Å²) in [5.74, 6) is 0.707. The Kier molecular flexibility index (Phi) is 2.96. The van der Waals surface area contributed by atoms with Crippen molar-refractivity contribution in [2.75, 3.05) is 0 Å². The number of aromatic nitrogens is 1. The van der Waals surface area contributed by atoms with Crippen LogP contribution in [-0.2, 0) is 6.54 Å². The van der Waals surface area contributed by atoms with Crippen LogP contribution in [0, 0.1) is 0 Å². The summed E-state index contributed by atoms with van der Waals surface area (Å²) in [5, 5.41) is 0. The molecule has 0 bridgehead atoms. The number of nitrogens with zero attached hydrogens (tertiary/aromatic N) is 1. The maximum atomic E-state index is 5.67. The van der Waals surface area contributed by atoms with E-state index in [1.165, 1.54) is 42.7 Å². The van der Waals surface area contributed by atoms with Crippen molar-refractivity contribution in [2.24, 2.45) is 5.73 Å². The Morgan fingerprint density at radius 3 is 2.85 bits per heavy atom. The molecule has 1 aliphatic rings. The topological polar surface area (TPSA) is 38.9 Å². The first-order valence-electron chi connectivity index (χ1n) is 5.04. The third-order valence-electron chi connectivity index (χ3n) is 2.85. The molecule has 1 aromatic heterocycles. The molecular formula is C10H16N2S. The zero-order chi connectivity index (χ0) is 9.10. The van der Waals surface area contributed by atoms with Crippen LogP contribution in [-0.4, -0.2) is 4.98 Å². The molecular weight excluding hydrogens is 180 g/mol. The Morgan fingerprint density at radius 2 is 2.15 bits per heavy atom. The average molecular weight is 196 g/mol. The van der Waals surface area contributed by atoms with Gasteiger partial charge < -0.3 is 5.73 Å². The summed E-state index contributed by atoms with van der Waals surface area (Å²) in [6.45, 7) is 0.663. The second-order valence-corrected chi connectivity index (χ2v) is 4.64. The van der Waals surface area contributed by atoms with Gasteiger partial charge in [-0.15, -0.1) is 11.3 Å². The molecule has 1 heterocycles. The van der Waals surface area contributed by atoms with Crippen molar-refractivity contribution in [3.63, 3.8) is 0 Å². The lowest BCUT2D eigenvalue weighted by atomic mass is 9.86. The van der Waals surface area contributed by atoms with E-state index in [1.54, 1.807) is 11.3 Å². The summed E-state index contributed by atoms with van der Waals surface area (Å²) in [7, 11) is 0. The van der Waals surface area contributed by atoms with E-state index in [2.05, 4.69) is 4.98 Å². The standard InChI is InChI=1S/C10H16N2S/c11-6-9-10(12-7-13-9)8-4-2-1-3-5-8/h7-8H,1-6,11H2. The van der Waals surface area contributed by atoms with Gasteiger partial charge in [0.1, 0.15) is 0 Å². The summed E-state index contributed by atoms with van der Waals surface area (Å²) in [6, 6.07) is 0. The van der Waals surface area contributed by atoms with Crippen molar-refractivity contribution in [2.45, 2.75) is 44.6 Å². The van der Waals surface area contributed by atoms with Crippen LogP contribution in [0.25, 0.3) is 0 Å². The molecule has 1 aliphatic carbocycles. The van der Waals surface area contributed by atoms with Gasteiger partial charge in [0.15, 0.2) is 0 Å². The molecule has 1 saturated carbocycles. The molecule has 0 aliphatic heterocycles. The van der Waals surface area contributed by atoms with Crippen LogP contribution >= 0.6 is 11.3 Å². The molecule has 0 saturated heterocycles. The van der Waals surface area contributed by atoms with Gasteiger partial charge in [0.2, 0.25) is 0 Å². The minimum Gasteiger partial charge on any atom is -0.326 e. The second kappa shape index (κ2) is 4.20. The van der Waals surface area contributed by atoms with Crippen LogP contribution in [0.4, 0.5) is 0 Å². The number of rotatable bonds is 2. The highest BCUT2D eigenvalue weighted by molar-refractivity contribution is 7.09. The fourth-order valence-corrected chi connectivity index (χ4v) is 2.87. The quantitative estimate of drug-likeness (QED) is 0.789. The lowest BCUT2D eigenvalue weighted by Gasteiger charge is -2.20. The van der Waals surface area contributed by atoms with Crippen LogP contribution in [0.1, 0.15) is 48.6 Å². The molecule has 1 fully saturated rings. The monoisotopic (exact) mass is 196 g/mol. The molecule has 0 spiro atoms. The van der Waals surface area contributed by atoms with Crippen molar-refractivity contribution in [1.29, 1.82) is 0 Å². The fraction of sp³-hybridized carbons (Fsp3) is 0.700. The summed E-state index contributed by atoms with van der Waals surface area (Å²) >= 11 is 1.71. The Bertz CT molecular complexity index is 264. The number of hydrogen-bond acceptors (Lipinski definition) is 3. The van der Waals surface area contributed by atoms with Crippen molar-refractivity contribution in [1.82, 2.24) is 4.98 Å². The van der Waals surface area contributed by atoms with Crippen molar-refractivity contribution in [3.05, 3.63) is 16.1 Å². The highest BCUT2D eigenvalue weighted by atomic mass is 32.1. The Labute approximate surface area is 83.2 Å². The highest BCUT2D eigenvalue weighted by Crippen LogP contribution is 2.34. The Balaban J connectivity index is 2.13. The lowest BCUT2D eigenvalue weighted by molar-refractivity contribution is 0.436. The molecule has 2 N–H and O–H groups in total. The van der Waals surface area contributed by atoms with Crippen molar-refractivity contribution in [3.8, 4) is 0 Å². The van der Waals surface area contributed by atoms with E-state index >= 15 is 0 Å². The molecule has 13 heavy (non-hydrogen) atoms. The third-order valence-corrected chi connectivity index (χ3v) is 3.72. The predicted octanol–water partition coefficient (Wildman–Crippen LogP) is 2.65. The first-order chi connectivity index (χ1) is 6.42. The molecule has 0 aromatic carbocycles. The van der Waals surface area contributed by atoms with Gasteiger partial charge in [-0.05, 0) is 12.8 Å². The van der Waals surface area contributed by atoms with Gasteiger partial charge in [0.05, 0.1) is 11.2 Å². The van der Waals surface area contributed by atoms with Gasteiger partial charge in [-0.2, -0.15) is 0 Å². The van der Waals surface area contributed by atoms with E-state index in [9.17, 15) is 0 Å². The third kappa shape index (κ3) is 1.92. The molecule has 0 radical (unpaired) electrons. The van der Waals surface area contributed by atoms with Crippen LogP contribution in [0.2, 0.25) is 0 Å². The highest BCUT2D eigenvalue weighted by Gasteiger charge is 2.19. The van der Waals surface area contributed by atoms with Crippen LogP contribution < -0.4 is 5.73 Å². The summed E-state index contributed by atoms with van der Waals surface area (Å²) < 4.78 is 0. The molecule has 0 amide bonds. The molecule has 72 valence electrons. The van der Waals surface area contributed by atoms with Crippen LogP contribution in [0.3, 0.4) is 0 Å². The van der Waals surface area contributed by atoms with Crippen LogP contribution in [0.5, 0.6) is 0 Å². The molecule has 2 rings (SSSR count). The van der Waals surface area contributed by atoms with Crippen LogP contribution in [0.15, 0.2) is 5.51 Å². The van der Waals surface area contributed by atoms with E-state index in [0.717, 1.165) is 0 Å². The predicted molar refractivity (Wildman–Crippen MR) is 55.8 cm³/mol. The van der Waals surface area contributed by atoms with Crippen molar-refractivity contribution >= 4 is 11.3 Å². The number of thiazole rings is 1. The average Bonchev–Trinajstić information content (AvgIpc) is 2.67. The van der Waals surface area contributed by atoms with E-state index < -0.39 is 0 Å². The van der Waals surface area contributed by atoms with Gasteiger partial charge in [0, 0.05) is 17.3 Å². The van der Waals surface area contributed by atoms with E-state index in [-0.39, 0.29) is 0 Å². The van der Waals surface area contributed by atoms with Gasteiger partial charge in [-0.1, -0.05) is 19.3 Å². The largest absolute Gasteiger partial charge is 0.326 e. The number of nitrogens with two attached hydrogens (primary N) is 1. The Hall–Kier alpha value is -0.410. The van der Waals surface area contributed by atoms with E-state index in [0.29, 0.717) is 12.5 Å². The maximum Gasteiger partial charge on any atom is 0.0798 e. The molecule has 0 atom stereocenters. The first-order valence-corrected chi connectivity index (χ1v) is 5.92. The van der Waals surface area contributed by atoms with Crippen molar-refractivity contribution < 1.29 is 0 Å². The maximum absolute atomic E-state index is 5.67. The Morgan fingerprint density at radius 1 is 1.38 bits per heavy atom.